The van der Waals surface area contributed by atoms with Gasteiger partial charge in [-0.1, -0.05) is 6.07 Å². The molecule has 1 amide bonds. The fraction of sp³-hybridized carbons (Fsp3) is 0.625. The van der Waals surface area contributed by atoms with E-state index < -0.39 is 18.0 Å². The van der Waals surface area contributed by atoms with Crippen molar-refractivity contribution in [3.8, 4) is 0 Å². The summed E-state index contributed by atoms with van der Waals surface area (Å²) in [5.74, 6) is 2.92. The summed E-state index contributed by atoms with van der Waals surface area (Å²) in [5.41, 5.74) is 3.78. The van der Waals surface area contributed by atoms with Crippen molar-refractivity contribution >= 4 is 24.1 Å². The van der Waals surface area contributed by atoms with E-state index in [1.165, 1.54) is 0 Å². The Kier molecular flexibility index (Phi) is 16.6. The number of aromatic nitrogens is 1. The van der Waals surface area contributed by atoms with E-state index in [1.807, 2.05) is 28.0 Å². The number of fused-ring (bicyclic) bond motifs is 2. The van der Waals surface area contributed by atoms with Gasteiger partial charge < -0.3 is 30.3 Å². The van der Waals surface area contributed by atoms with Gasteiger partial charge in [0.15, 0.2) is 0 Å². The van der Waals surface area contributed by atoms with Crippen LogP contribution in [0.3, 0.4) is 0 Å². The molecule has 0 aliphatic carbocycles. The van der Waals surface area contributed by atoms with Gasteiger partial charge in [-0.3, -0.25) is 35.0 Å². The number of nitrogens with two attached hydrogens (primary N) is 1. The fourth-order valence-corrected chi connectivity index (χ4v) is 3.98. The topological polar surface area (TPSA) is 202 Å². The van der Waals surface area contributed by atoms with Crippen molar-refractivity contribution in [2.75, 3.05) is 59.5 Å². The van der Waals surface area contributed by atoms with Crippen LogP contribution in [0.4, 0.5) is 0 Å². The molecule has 0 fully saturated rings. The summed E-state index contributed by atoms with van der Waals surface area (Å²) in [5, 5.41) is 28.1. The number of aliphatic hydroxyl groups excluding tert-OH is 1. The molecule has 38 heavy (non-hydrogen) atoms. The van der Waals surface area contributed by atoms with Gasteiger partial charge in [0.2, 0.25) is 5.91 Å². The second-order valence-electron chi connectivity index (χ2n) is 8.77. The summed E-state index contributed by atoms with van der Waals surface area (Å²) in [6.07, 6.45) is 1.67. The first-order valence-corrected chi connectivity index (χ1v) is 12.5. The average molecular weight is 540 g/mol. The van der Waals surface area contributed by atoms with E-state index in [2.05, 4.69) is 20.6 Å². The molecule has 1 aliphatic rings. The second-order valence-corrected chi connectivity index (χ2v) is 8.77. The monoisotopic (exact) mass is 539 g/mol. The Labute approximate surface area is 222 Å². The third-order valence-electron chi connectivity index (χ3n) is 5.92. The molecular formula is C24H41N7O7. The van der Waals surface area contributed by atoms with Crippen LogP contribution in [0.5, 0.6) is 0 Å². The lowest BCUT2D eigenvalue weighted by Crippen LogP contribution is -2.43. The van der Waals surface area contributed by atoms with E-state index in [9.17, 15) is 24.3 Å². The predicted molar refractivity (Wildman–Crippen MR) is 139 cm³/mol. The molecule has 1 atom stereocenters. The quantitative estimate of drug-likeness (QED) is 0.0703. The third kappa shape index (κ3) is 13.5. The van der Waals surface area contributed by atoms with Crippen molar-refractivity contribution in [1.82, 2.24) is 30.4 Å². The Balaban J connectivity index is 0.00000352. The van der Waals surface area contributed by atoms with Gasteiger partial charge in [-0.05, 0) is 31.5 Å². The van der Waals surface area contributed by atoms with Gasteiger partial charge in [0.25, 0.3) is 0 Å². The number of aliphatic carboxylic acids is 2. The first kappa shape index (κ1) is 33.0. The molecule has 0 aromatic carbocycles. The average Bonchev–Trinajstić information content (AvgIpc) is 2.88. The molecule has 1 unspecified atom stereocenters. The summed E-state index contributed by atoms with van der Waals surface area (Å²) in [4.78, 5) is 56.3. The Morgan fingerprint density at radius 2 is 1.66 bits per heavy atom. The van der Waals surface area contributed by atoms with E-state index in [1.54, 1.807) is 0 Å². The van der Waals surface area contributed by atoms with Crippen LogP contribution in [0.25, 0.3) is 0 Å². The number of nitrogens with zero attached hydrogens (tertiary/aromatic N) is 4. The van der Waals surface area contributed by atoms with Gasteiger partial charge in [-0.25, -0.2) is 5.43 Å². The van der Waals surface area contributed by atoms with Crippen molar-refractivity contribution in [2.45, 2.75) is 38.4 Å². The number of hydrogen-bond acceptors (Lipinski definition) is 11. The number of nitrogens with one attached hydrogen (secondary N) is 2. The van der Waals surface area contributed by atoms with Gasteiger partial charge in [0, 0.05) is 59.3 Å². The number of carbonyl (C=O) groups is 4. The number of rotatable bonds is 13. The van der Waals surface area contributed by atoms with Crippen LogP contribution < -0.4 is 16.6 Å². The van der Waals surface area contributed by atoms with Crippen molar-refractivity contribution < 1.29 is 34.5 Å². The molecule has 7 N–H and O–H groups in total. The minimum Gasteiger partial charge on any atom is -0.480 e. The molecule has 14 heteroatoms. The number of carboxylic acids is 2. The highest BCUT2D eigenvalue weighted by Crippen LogP contribution is 2.09. The molecular weight excluding hydrogens is 498 g/mol. The van der Waals surface area contributed by atoms with Crippen LogP contribution in [-0.4, -0.2) is 125 Å². The first-order chi connectivity index (χ1) is 18.3. The summed E-state index contributed by atoms with van der Waals surface area (Å²) in [6.45, 7) is 4.67. The maximum Gasteiger partial charge on any atom is 0.322 e. The number of hydrogen-bond donors (Lipinski definition) is 6. The Bertz CT molecular complexity index is 874. The number of hydrazine groups is 1. The van der Waals surface area contributed by atoms with Crippen LogP contribution in [0, 0.1) is 0 Å². The molecule has 2 bridgehead atoms. The van der Waals surface area contributed by atoms with E-state index in [0.29, 0.717) is 58.8 Å². The SMILES string of the molecule is CO.NNC(CCC(=O)NCCCN1CCN(CC=O)Cc2cccc(n2)CN(CC(=O)O)CC1)C(=O)O. The predicted octanol–water partition coefficient (Wildman–Crippen LogP) is -1.90. The van der Waals surface area contributed by atoms with Gasteiger partial charge in [-0.15, -0.1) is 0 Å². The lowest BCUT2D eigenvalue weighted by Gasteiger charge is -2.30. The molecule has 2 rings (SSSR count). The van der Waals surface area contributed by atoms with Crippen LogP contribution in [0.1, 0.15) is 30.7 Å². The summed E-state index contributed by atoms with van der Waals surface area (Å²) < 4.78 is 0. The van der Waals surface area contributed by atoms with Crippen molar-refractivity contribution in [3.63, 3.8) is 0 Å². The smallest absolute Gasteiger partial charge is 0.322 e. The van der Waals surface area contributed by atoms with E-state index in [0.717, 1.165) is 24.8 Å². The number of carboxylic acid groups (broad SMARTS) is 2. The maximum absolute atomic E-state index is 12.0. The zero-order valence-corrected chi connectivity index (χ0v) is 21.9. The summed E-state index contributed by atoms with van der Waals surface area (Å²) >= 11 is 0. The minimum atomic E-state index is -1.11. The zero-order valence-electron chi connectivity index (χ0n) is 21.9. The number of amides is 1. The van der Waals surface area contributed by atoms with Crippen LogP contribution in [-0.2, 0) is 32.3 Å². The number of aldehydes is 1. The second kappa shape index (κ2) is 19.1. The minimum absolute atomic E-state index is 0.0455. The first-order valence-electron chi connectivity index (χ1n) is 12.5. The van der Waals surface area contributed by atoms with E-state index in [4.69, 9.17) is 16.1 Å². The number of aliphatic hydroxyl groups is 1. The lowest BCUT2D eigenvalue weighted by atomic mass is 10.1. The van der Waals surface area contributed by atoms with Crippen LogP contribution in [0.2, 0.25) is 0 Å². The highest BCUT2D eigenvalue weighted by atomic mass is 16.4. The lowest BCUT2D eigenvalue weighted by molar-refractivity contribution is -0.140. The van der Waals surface area contributed by atoms with Crippen molar-refractivity contribution in [1.29, 1.82) is 0 Å². The largest absolute Gasteiger partial charge is 0.480 e. The Hall–Kier alpha value is -3.01. The molecule has 1 aromatic rings. The van der Waals surface area contributed by atoms with Gasteiger partial charge in [0.1, 0.15) is 12.3 Å². The molecule has 214 valence electrons. The highest BCUT2D eigenvalue weighted by Gasteiger charge is 2.18. The highest BCUT2D eigenvalue weighted by molar-refractivity contribution is 5.78. The van der Waals surface area contributed by atoms with Crippen molar-refractivity contribution in [3.05, 3.63) is 29.6 Å². The van der Waals surface area contributed by atoms with E-state index in [-0.39, 0.29) is 31.8 Å². The Morgan fingerprint density at radius 3 is 2.24 bits per heavy atom. The molecule has 2 heterocycles. The molecule has 14 nitrogen and oxygen atoms in total. The summed E-state index contributed by atoms with van der Waals surface area (Å²) in [6, 6.07) is 4.70. The standard InChI is InChI=1S/C23H37N7O6.CH4O/c24-27-20(23(35)36)5-6-21(32)25-7-2-8-28-9-11-29(13-14-31)15-18-3-1-4-19(26-18)16-30(12-10-28)17-22(33)34;1-2/h1,3-4,14,20,27H,2,5-13,15-17,24H2,(H,25,32)(H,33,34)(H,35,36);2H,1H3. The number of pyridine rings is 1. The van der Waals surface area contributed by atoms with E-state index >= 15 is 0 Å². The molecule has 0 saturated carbocycles. The fourth-order valence-electron chi connectivity index (χ4n) is 3.98. The maximum atomic E-state index is 12.0. The van der Waals surface area contributed by atoms with Crippen LogP contribution in [0.15, 0.2) is 18.2 Å². The molecule has 1 aromatic heterocycles. The summed E-state index contributed by atoms with van der Waals surface area (Å²) in [7, 11) is 1.00. The molecule has 1 aliphatic heterocycles. The van der Waals surface area contributed by atoms with Gasteiger partial charge in [0.05, 0.1) is 24.5 Å². The Morgan fingerprint density at radius 1 is 1.05 bits per heavy atom. The van der Waals surface area contributed by atoms with Gasteiger partial charge >= 0.3 is 11.9 Å². The molecule has 0 spiro atoms. The van der Waals surface area contributed by atoms with Crippen LogP contribution >= 0.6 is 0 Å². The molecule has 0 radical (unpaired) electrons. The zero-order chi connectivity index (χ0) is 28.3. The van der Waals surface area contributed by atoms with Gasteiger partial charge in [-0.2, -0.15) is 0 Å². The van der Waals surface area contributed by atoms with Crippen molar-refractivity contribution in [2.24, 2.45) is 5.84 Å². The third-order valence-corrected chi connectivity index (χ3v) is 5.92. The number of carbonyl (C=O) groups excluding carboxylic acids is 2. The normalized spacial score (nSPS) is 16.2. The molecule has 0 saturated heterocycles.